The number of rotatable bonds is 8. The zero-order valence-electron chi connectivity index (χ0n) is 18.3. The lowest BCUT2D eigenvalue weighted by Crippen LogP contribution is -2.39. The fraction of sp³-hybridized carbons (Fsp3) is 0.667. The number of carbonyl (C=O) groups excluding carboxylic acids is 2. The van der Waals surface area contributed by atoms with Crippen molar-refractivity contribution >= 4 is 11.8 Å². The fourth-order valence-corrected chi connectivity index (χ4v) is 4.45. The van der Waals surface area contributed by atoms with Gasteiger partial charge in [-0.25, -0.2) is 0 Å². The highest BCUT2D eigenvalue weighted by Crippen LogP contribution is 2.28. The van der Waals surface area contributed by atoms with Gasteiger partial charge in [0.15, 0.2) is 18.1 Å². The van der Waals surface area contributed by atoms with Gasteiger partial charge in [-0.15, -0.1) is 0 Å². The Labute approximate surface area is 180 Å². The van der Waals surface area contributed by atoms with E-state index in [-0.39, 0.29) is 18.4 Å². The van der Waals surface area contributed by atoms with Crippen molar-refractivity contribution in [2.75, 3.05) is 39.4 Å². The van der Waals surface area contributed by atoms with E-state index in [0.29, 0.717) is 44.2 Å². The van der Waals surface area contributed by atoms with Crippen LogP contribution in [0.1, 0.15) is 58.3 Å². The molecule has 1 aromatic carbocycles. The third-order valence-electron chi connectivity index (χ3n) is 6.19. The van der Waals surface area contributed by atoms with E-state index in [9.17, 15) is 9.59 Å². The van der Waals surface area contributed by atoms with Crippen LogP contribution in [0.4, 0.5) is 0 Å². The fourth-order valence-electron chi connectivity index (χ4n) is 4.45. The molecule has 1 saturated heterocycles. The molecule has 1 aliphatic heterocycles. The molecule has 0 atom stereocenters. The summed E-state index contributed by atoms with van der Waals surface area (Å²) in [5, 5.41) is 0. The molecule has 3 rings (SSSR count). The van der Waals surface area contributed by atoms with Gasteiger partial charge in [0.1, 0.15) is 0 Å². The first-order valence-corrected chi connectivity index (χ1v) is 11.6. The lowest BCUT2D eigenvalue weighted by molar-refractivity contribution is -0.135. The van der Waals surface area contributed by atoms with Crippen LogP contribution in [0.2, 0.25) is 0 Å². The first kappa shape index (κ1) is 22.4. The monoisotopic (exact) mass is 416 g/mol. The normalized spacial score (nSPS) is 18.0. The second-order valence-corrected chi connectivity index (χ2v) is 8.33. The third kappa shape index (κ3) is 6.64. The molecule has 1 aromatic rings. The summed E-state index contributed by atoms with van der Waals surface area (Å²) in [6.07, 6.45) is 9.02. The minimum atomic E-state index is -0.0437. The smallest absolute Gasteiger partial charge is 0.260 e. The lowest BCUT2D eigenvalue weighted by Gasteiger charge is -2.24. The summed E-state index contributed by atoms with van der Waals surface area (Å²) >= 11 is 0. The predicted octanol–water partition coefficient (Wildman–Crippen LogP) is 3.89. The molecular formula is C24H36N2O4. The van der Waals surface area contributed by atoms with Crippen molar-refractivity contribution in [3.63, 3.8) is 0 Å². The van der Waals surface area contributed by atoms with Crippen LogP contribution in [0.25, 0.3) is 0 Å². The van der Waals surface area contributed by atoms with Crippen LogP contribution in [0, 0.1) is 5.92 Å². The topological polar surface area (TPSA) is 59.1 Å². The Bertz CT molecular complexity index is 688. The van der Waals surface area contributed by atoms with Gasteiger partial charge in [0, 0.05) is 32.6 Å². The number of carbonyl (C=O) groups is 2. The molecule has 2 amide bonds. The number of hydrogen-bond donors (Lipinski definition) is 0. The number of ether oxygens (including phenoxy) is 2. The molecule has 0 spiro atoms. The predicted molar refractivity (Wildman–Crippen MR) is 117 cm³/mol. The average molecular weight is 417 g/mol. The number of nitrogens with zero attached hydrogens (tertiary/aromatic N) is 2. The van der Waals surface area contributed by atoms with E-state index in [1.165, 1.54) is 32.1 Å². The van der Waals surface area contributed by atoms with Crippen LogP contribution < -0.4 is 9.47 Å². The molecule has 1 aliphatic carbocycles. The van der Waals surface area contributed by atoms with Crippen LogP contribution in [0.3, 0.4) is 0 Å². The van der Waals surface area contributed by atoms with Gasteiger partial charge in [-0.1, -0.05) is 44.2 Å². The largest absolute Gasteiger partial charge is 0.490 e. The maximum absolute atomic E-state index is 12.7. The van der Waals surface area contributed by atoms with Crippen molar-refractivity contribution in [2.24, 2.45) is 5.92 Å². The van der Waals surface area contributed by atoms with Gasteiger partial charge in [0.2, 0.25) is 5.91 Å². The van der Waals surface area contributed by atoms with E-state index in [4.69, 9.17) is 9.47 Å². The van der Waals surface area contributed by atoms with E-state index in [1.54, 1.807) is 0 Å². The highest BCUT2D eigenvalue weighted by Gasteiger charge is 2.23. The van der Waals surface area contributed by atoms with Gasteiger partial charge < -0.3 is 19.3 Å². The van der Waals surface area contributed by atoms with E-state index in [0.717, 1.165) is 25.3 Å². The number of amides is 2. The quantitative estimate of drug-likeness (QED) is 0.645. The third-order valence-corrected chi connectivity index (χ3v) is 6.19. The van der Waals surface area contributed by atoms with Gasteiger partial charge in [0.25, 0.3) is 5.91 Å². The zero-order valence-corrected chi connectivity index (χ0v) is 18.3. The van der Waals surface area contributed by atoms with Crippen LogP contribution in [0.15, 0.2) is 24.3 Å². The van der Waals surface area contributed by atoms with Gasteiger partial charge in [0.05, 0.1) is 6.61 Å². The number of para-hydroxylation sites is 2. The standard InChI is InChI=1S/C24H36N2O4/c1-2-29-21-11-6-7-12-22(21)30-19-24(28)26-16-8-15-25(17-18-26)23(27)14-13-20-9-4-3-5-10-20/h6-7,11-12,20H,2-5,8-10,13-19H2,1H3. The minimum absolute atomic E-state index is 0.0142. The Kier molecular flexibility index (Phi) is 8.84. The van der Waals surface area contributed by atoms with Crippen LogP contribution >= 0.6 is 0 Å². The first-order chi connectivity index (χ1) is 14.7. The minimum Gasteiger partial charge on any atom is -0.490 e. The maximum atomic E-state index is 12.7. The molecule has 0 radical (unpaired) electrons. The van der Waals surface area contributed by atoms with E-state index >= 15 is 0 Å². The molecule has 6 heteroatoms. The second kappa shape index (κ2) is 11.8. The molecular weight excluding hydrogens is 380 g/mol. The highest BCUT2D eigenvalue weighted by atomic mass is 16.5. The summed E-state index contributed by atoms with van der Waals surface area (Å²) in [5.74, 6) is 2.17. The molecule has 2 aliphatic rings. The van der Waals surface area contributed by atoms with Crippen molar-refractivity contribution in [3.8, 4) is 11.5 Å². The molecule has 166 valence electrons. The molecule has 6 nitrogen and oxygen atoms in total. The Morgan fingerprint density at radius 3 is 2.17 bits per heavy atom. The van der Waals surface area contributed by atoms with Crippen LogP contribution in [-0.2, 0) is 9.59 Å². The summed E-state index contributed by atoms with van der Waals surface area (Å²) in [6, 6.07) is 7.40. The van der Waals surface area contributed by atoms with Crippen LogP contribution in [0.5, 0.6) is 11.5 Å². The summed E-state index contributed by atoms with van der Waals surface area (Å²) in [4.78, 5) is 29.1. The van der Waals surface area contributed by atoms with Crippen LogP contribution in [-0.4, -0.2) is 61.0 Å². The second-order valence-electron chi connectivity index (χ2n) is 8.33. The molecule has 0 unspecified atom stereocenters. The SMILES string of the molecule is CCOc1ccccc1OCC(=O)N1CCCN(C(=O)CCC2CCCCC2)CC1. The Balaban J connectivity index is 1.42. The molecule has 1 heterocycles. The summed E-state index contributed by atoms with van der Waals surface area (Å²) < 4.78 is 11.3. The van der Waals surface area contributed by atoms with Crippen molar-refractivity contribution < 1.29 is 19.1 Å². The summed E-state index contributed by atoms with van der Waals surface area (Å²) in [5.41, 5.74) is 0. The first-order valence-electron chi connectivity index (χ1n) is 11.6. The van der Waals surface area contributed by atoms with Gasteiger partial charge in [-0.05, 0) is 37.8 Å². The molecule has 30 heavy (non-hydrogen) atoms. The van der Waals surface area contributed by atoms with Gasteiger partial charge in [-0.2, -0.15) is 0 Å². The average Bonchev–Trinajstić information content (AvgIpc) is 3.04. The summed E-state index contributed by atoms with van der Waals surface area (Å²) in [7, 11) is 0. The van der Waals surface area contributed by atoms with Crippen molar-refractivity contribution in [2.45, 2.75) is 58.3 Å². The highest BCUT2D eigenvalue weighted by molar-refractivity contribution is 5.78. The van der Waals surface area contributed by atoms with Gasteiger partial charge in [-0.3, -0.25) is 9.59 Å². The van der Waals surface area contributed by atoms with Crippen molar-refractivity contribution in [1.29, 1.82) is 0 Å². The molecule has 0 aromatic heterocycles. The number of hydrogen-bond acceptors (Lipinski definition) is 4. The Hall–Kier alpha value is -2.24. The van der Waals surface area contributed by atoms with Gasteiger partial charge >= 0.3 is 0 Å². The Morgan fingerprint density at radius 1 is 0.867 bits per heavy atom. The van der Waals surface area contributed by atoms with E-state index < -0.39 is 0 Å². The van der Waals surface area contributed by atoms with E-state index in [1.807, 2.05) is 41.0 Å². The lowest BCUT2D eigenvalue weighted by atomic mass is 9.86. The molecule has 2 fully saturated rings. The molecule has 0 N–H and O–H groups in total. The van der Waals surface area contributed by atoms with E-state index in [2.05, 4.69) is 0 Å². The maximum Gasteiger partial charge on any atom is 0.260 e. The molecule has 1 saturated carbocycles. The Morgan fingerprint density at radius 2 is 1.50 bits per heavy atom. The van der Waals surface area contributed by atoms with Crippen molar-refractivity contribution in [1.82, 2.24) is 9.80 Å². The summed E-state index contributed by atoms with van der Waals surface area (Å²) in [6.45, 7) is 5.05. The molecule has 0 bridgehead atoms. The van der Waals surface area contributed by atoms with Crippen molar-refractivity contribution in [3.05, 3.63) is 24.3 Å². The number of benzene rings is 1. The zero-order chi connectivity index (χ0) is 21.2.